The summed E-state index contributed by atoms with van der Waals surface area (Å²) in [5, 5.41) is 0. The van der Waals surface area contributed by atoms with E-state index in [1.54, 1.807) is 30.0 Å². The van der Waals surface area contributed by atoms with Gasteiger partial charge in [-0.2, -0.15) is 0 Å². The van der Waals surface area contributed by atoms with E-state index in [4.69, 9.17) is 0 Å². The number of carbonyl (C=O) groups is 2. The lowest BCUT2D eigenvalue weighted by Crippen LogP contribution is -2.52. The molecule has 2 amide bonds. The molecule has 0 saturated carbocycles. The van der Waals surface area contributed by atoms with Crippen LogP contribution in [0.15, 0.2) is 64.5 Å². The van der Waals surface area contributed by atoms with Crippen molar-refractivity contribution in [2.45, 2.75) is 37.1 Å². The standard InChI is InChI=1S/C24H28N4O4S/c1-18(25-23-20-11-5-6-12-21(20)33(31,32)26-23)24(30)28-16-14-27(15-17-28)22(29)13-7-10-19-8-3-2-4-9-19/h2-6,8-9,11-12,18H,7,10,13-17H2,1H3,(H,25,26)/t18-/m0/s1. The monoisotopic (exact) mass is 468 g/mol. The number of sulfonamides is 1. The van der Waals surface area contributed by atoms with Gasteiger partial charge >= 0.3 is 0 Å². The SMILES string of the molecule is C[C@H](N=C1NS(=O)(=O)c2ccccc21)C(=O)N1CCN(C(=O)CCCc2ccccc2)CC1. The third-order valence-corrected chi connectivity index (χ3v) is 7.38. The van der Waals surface area contributed by atoms with Crippen LogP contribution in [0.2, 0.25) is 0 Å². The first-order chi connectivity index (χ1) is 15.8. The molecular formula is C24H28N4O4S. The predicted molar refractivity (Wildman–Crippen MR) is 125 cm³/mol. The molecule has 1 fully saturated rings. The summed E-state index contributed by atoms with van der Waals surface area (Å²) in [6.07, 6.45) is 2.16. The topological polar surface area (TPSA) is 99.1 Å². The largest absolute Gasteiger partial charge is 0.339 e. The second-order valence-corrected chi connectivity index (χ2v) is 9.95. The number of hydrogen-bond donors (Lipinski definition) is 1. The molecular weight excluding hydrogens is 440 g/mol. The normalized spacial score (nSPS) is 19.1. The number of rotatable bonds is 6. The molecule has 0 spiro atoms. The highest BCUT2D eigenvalue weighted by Gasteiger charge is 2.32. The highest BCUT2D eigenvalue weighted by molar-refractivity contribution is 7.90. The molecule has 33 heavy (non-hydrogen) atoms. The van der Waals surface area contributed by atoms with E-state index in [0.717, 1.165) is 12.8 Å². The summed E-state index contributed by atoms with van der Waals surface area (Å²) in [5.41, 5.74) is 1.70. The van der Waals surface area contributed by atoms with E-state index in [9.17, 15) is 18.0 Å². The Morgan fingerprint density at radius 3 is 2.33 bits per heavy atom. The molecule has 2 aliphatic heterocycles. The van der Waals surface area contributed by atoms with Gasteiger partial charge in [0.1, 0.15) is 11.9 Å². The average molecular weight is 469 g/mol. The van der Waals surface area contributed by atoms with Crippen molar-refractivity contribution in [3.63, 3.8) is 0 Å². The minimum absolute atomic E-state index is 0.114. The molecule has 9 heteroatoms. The molecule has 1 atom stereocenters. The van der Waals surface area contributed by atoms with Crippen LogP contribution >= 0.6 is 0 Å². The molecule has 0 aromatic heterocycles. The lowest BCUT2D eigenvalue weighted by atomic mass is 10.1. The van der Waals surface area contributed by atoms with Crippen molar-refractivity contribution in [3.8, 4) is 0 Å². The van der Waals surface area contributed by atoms with Gasteiger partial charge in [0.05, 0.1) is 4.90 Å². The summed E-state index contributed by atoms with van der Waals surface area (Å²) in [6.45, 7) is 3.54. The van der Waals surface area contributed by atoms with Crippen LogP contribution in [0.4, 0.5) is 0 Å². The van der Waals surface area contributed by atoms with Gasteiger partial charge in [-0.25, -0.2) is 8.42 Å². The van der Waals surface area contributed by atoms with Crippen LogP contribution in [0.25, 0.3) is 0 Å². The van der Waals surface area contributed by atoms with Crippen molar-refractivity contribution in [1.29, 1.82) is 0 Å². The van der Waals surface area contributed by atoms with Gasteiger partial charge in [-0.05, 0) is 37.5 Å². The minimum Gasteiger partial charge on any atom is -0.339 e. The van der Waals surface area contributed by atoms with Crippen LogP contribution in [0.1, 0.15) is 30.9 Å². The Kier molecular flexibility index (Phi) is 6.78. The summed E-state index contributed by atoms with van der Waals surface area (Å²) in [7, 11) is -3.64. The molecule has 1 N–H and O–H groups in total. The van der Waals surface area contributed by atoms with Crippen LogP contribution in [0, 0.1) is 0 Å². The van der Waals surface area contributed by atoms with E-state index < -0.39 is 16.1 Å². The Morgan fingerprint density at radius 2 is 1.61 bits per heavy atom. The highest BCUT2D eigenvalue weighted by Crippen LogP contribution is 2.23. The predicted octanol–water partition coefficient (Wildman–Crippen LogP) is 1.81. The fourth-order valence-corrected chi connectivity index (χ4v) is 5.40. The number of carbonyl (C=O) groups excluding carboxylic acids is 2. The molecule has 2 heterocycles. The van der Waals surface area contributed by atoms with E-state index in [-0.39, 0.29) is 22.5 Å². The van der Waals surface area contributed by atoms with Gasteiger partial charge in [0.15, 0.2) is 0 Å². The van der Waals surface area contributed by atoms with E-state index in [2.05, 4.69) is 21.8 Å². The maximum atomic E-state index is 12.9. The van der Waals surface area contributed by atoms with Crippen molar-refractivity contribution in [2.75, 3.05) is 26.2 Å². The van der Waals surface area contributed by atoms with Gasteiger partial charge in [-0.15, -0.1) is 0 Å². The molecule has 0 radical (unpaired) electrons. The highest BCUT2D eigenvalue weighted by atomic mass is 32.2. The fraction of sp³-hybridized carbons (Fsp3) is 0.375. The third-order valence-electron chi connectivity index (χ3n) is 5.99. The van der Waals surface area contributed by atoms with E-state index >= 15 is 0 Å². The van der Waals surface area contributed by atoms with Crippen LogP contribution in [-0.4, -0.2) is 68.1 Å². The molecule has 2 aromatic rings. The Bertz CT molecular complexity index is 1160. The first-order valence-corrected chi connectivity index (χ1v) is 12.6. The lowest BCUT2D eigenvalue weighted by molar-refractivity contribution is -0.140. The Hall–Kier alpha value is -3.20. The van der Waals surface area contributed by atoms with Crippen molar-refractivity contribution < 1.29 is 18.0 Å². The number of nitrogens with one attached hydrogen (secondary N) is 1. The zero-order valence-corrected chi connectivity index (χ0v) is 19.4. The number of piperazine rings is 1. The van der Waals surface area contributed by atoms with Gasteiger partial charge in [0.2, 0.25) is 11.8 Å². The van der Waals surface area contributed by atoms with Crippen LogP contribution in [0.3, 0.4) is 0 Å². The van der Waals surface area contributed by atoms with Gasteiger partial charge < -0.3 is 9.80 Å². The van der Waals surface area contributed by atoms with Crippen molar-refractivity contribution in [1.82, 2.24) is 14.5 Å². The van der Waals surface area contributed by atoms with E-state index in [1.807, 2.05) is 23.1 Å². The Morgan fingerprint density at radius 1 is 0.970 bits per heavy atom. The molecule has 4 rings (SSSR count). The molecule has 8 nitrogen and oxygen atoms in total. The van der Waals surface area contributed by atoms with Gasteiger partial charge in [0, 0.05) is 38.2 Å². The number of amidine groups is 1. The molecule has 0 aliphatic carbocycles. The summed E-state index contributed by atoms with van der Waals surface area (Å²) in [4.78, 5) is 33.5. The van der Waals surface area contributed by atoms with Gasteiger partial charge in [0.25, 0.3) is 10.0 Å². The number of aliphatic imine (C=N–C) groups is 1. The van der Waals surface area contributed by atoms with Crippen molar-refractivity contribution in [2.24, 2.45) is 4.99 Å². The van der Waals surface area contributed by atoms with Gasteiger partial charge in [-0.3, -0.25) is 19.3 Å². The molecule has 2 aromatic carbocycles. The summed E-state index contributed by atoms with van der Waals surface area (Å²) in [6, 6.07) is 15.9. The second-order valence-electron chi connectivity index (χ2n) is 8.30. The van der Waals surface area contributed by atoms with Crippen molar-refractivity contribution in [3.05, 3.63) is 65.7 Å². The number of benzene rings is 2. The zero-order chi connectivity index (χ0) is 23.4. The lowest BCUT2D eigenvalue weighted by Gasteiger charge is -2.35. The average Bonchev–Trinajstić information content (AvgIpc) is 3.09. The second kappa shape index (κ2) is 9.74. The summed E-state index contributed by atoms with van der Waals surface area (Å²) in [5.74, 6) is 0.129. The fourth-order valence-electron chi connectivity index (χ4n) is 4.17. The molecule has 2 aliphatic rings. The Labute approximate surface area is 194 Å². The van der Waals surface area contributed by atoms with Gasteiger partial charge in [-0.1, -0.05) is 42.5 Å². The Balaban J connectivity index is 1.29. The van der Waals surface area contributed by atoms with Crippen molar-refractivity contribution >= 4 is 27.7 Å². The first-order valence-electron chi connectivity index (χ1n) is 11.2. The zero-order valence-electron chi connectivity index (χ0n) is 18.6. The summed E-state index contributed by atoms with van der Waals surface area (Å²) >= 11 is 0. The maximum Gasteiger partial charge on any atom is 0.263 e. The maximum absolute atomic E-state index is 12.9. The summed E-state index contributed by atoms with van der Waals surface area (Å²) < 4.78 is 26.9. The van der Waals surface area contributed by atoms with E-state index in [1.165, 1.54) is 11.6 Å². The van der Waals surface area contributed by atoms with Crippen LogP contribution in [0.5, 0.6) is 0 Å². The molecule has 0 bridgehead atoms. The minimum atomic E-state index is -3.64. The molecule has 0 unspecified atom stereocenters. The van der Waals surface area contributed by atoms with Crippen LogP contribution in [-0.2, 0) is 26.0 Å². The first kappa shape index (κ1) is 23.0. The smallest absolute Gasteiger partial charge is 0.263 e. The number of aryl methyl sites for hydroxylation is 1. The van der Waals surface area contributed by atoms with E-state index in [0.29, 0.717) is 38.2 Å². The molecule has 174 valence electrons. The quantitative estimate of drug-likeness (QED) is 0.699. The number of hydrogen-bond acceptors (Lipinski definition) is 5. The number of nitrogens with zero attached hydrogens (tertiary/aromatic N) is 3. The van der Waals surface area contributed by atoms with Crippen LogP contribution < -0.4 is 4.72 Å². The number of amides is 2. The number of fused-ring (bicyclic) bond motifs is 1. The molecule has 1 saturated heterocycles. The third kappa shape index (κ3) is 5.24.